The molecule has 8 heteroatoms. The van der Waals surface area contributed by atoms with Gasteiger partial charge < -0.3 is 20.1 Å². The molecule has 0 fully saturated rings. The van der Waals surface area contributed by atoms with Gasteiger partial charge in [0.25, 0.3) is 5.91 Å². The summed E-state index contributed by atoms with van der Waals surface area (Å²) in [6.07, 6.45) is 0.520. The number of nitrogens with one attached hydrogen (secondary N) is 2. The van der Waals surface area contributed by atoms with E-state index in [0.717, 1.165) is 5.56 Å². The highest BCUT2D eigenvalue weighted by Crippen LogP contribution is 2.32. The average molecular weight is 394 g/mol. The molecule has 1 amide bonds. The van der Waals surface area contributed by atoms with E-state index in [-0.39, 0.29) is 24.2 Å². The summed E-state index contributed by atoms with van der Waals surface area (Å²) in [7, 11) is 0. The Kier molecular flexibility index (Phi) is 5.51. The van der Waals surface area contributed by atoms with Gasteiger partial charge in [-0.05, 0) is 47.9 Å². The Morgan fingerprint density at radius 2 is 1.90 bits per heavy atom. The number of fused-ring (bicyclic) bond motifs is 1. The van der Waals surface area contributed by atoms with Crippen molar-refractivity contribution in [3.05, 3.63) is 77.2 Å². The maximum Gasteiger partial charge on any atom is 0.272 e. The molecule has 0 saturated heterocycles. The van der Waals surface area contributed by atoms with Crippen LogP contribution in [0.1, 0.15) is 21.6 Å². The van der Waals surface area contributed by atoms with Gasteiger partial charge in [-0.15, -0.1) is 10.2 Å². The Bertz CT molecular complexity index is 1010. The molecule has 0 atom stereocenters. The molecule has 3 aromatic rings. The van der Waals surface area contributed by atoms with Crippen molar-refractivity contribution in [3.8, 4) is 11.5 Å². The molecule has 2 heterocycles. The molecule has 0 aliphatic carbocycles. The van der Waals surface area contributed by atoms with Gasteiger partial charge in [-0.3, -0.25) is 4.79 Å². The summed E-state index contributed by atoms with van der Waals surface area (Å²) >= 11 is 0. The van der Waals surface area contributed by atoms with Crippen molar-refractivity contribution in [3.63, 3.8) is 0 Å². The zero-order valence-corrected chi connectivity index (χ0v) is 15.5. The number of carbonyl (C=O) groups excluding carboxylic acids is 1. The highest BCUT2D eigenvalue weighted by molar-refractivity contribution is 5.92. The SMILES string of the molecule is O=C(NCc1ccc2c(c1)OCO2)c1ccc(NCCc2ccccc2F)nn1. The first-order chi connectivity index (χ1) is 14.2. The molecule has 148 valence electrons. The lowest BCUT2D eigenvalue weighted by Crippen LogP contribution is -2.24. The van der Waals surface area contributed by atoms with Crippen LogP contribution < -0.4 is 20.1 Å². The molecule has 2 aromatic carbocycles. The molecule has 0 spiro atoms. The topological polar surface area (TPSA) is 85.4 Å². The van der Waals surface area contributed by atoms with Crippen LogP contribution in [0, 0.1) is 5.82 Å². The monoisotopic (exact) mass is 394 g/mol. The highest BCUT2D eigenvalue weighted by Gasteiger charge is 2.14. The lowest BCUT2D eigenvalue weighted by molar-refractivity contribution is 0.0945. The molecule has 0 unspecified atom stereocenters. The minimum Gasteiger partial charge on any atom is -0.454 e. The number of amides is 1. The first-order valence-electron chi connectivity index (χ1n) is 9.17. The Morgan fingerprint density at radius 1 is 1.03 bits per heavy atom. The van der Waals surface area contributed by atoms with Crippen molar-refractivity contribution in [1.29, 1.82) is 0 Å². The van der Waals surface area contributed by atoms with Crippen LogP contribution in [0.5, 0.6) is 11.5 Å². The summed E-state index contributed by atoms with van der Waals surface area (Å²) in [5.41, 5.74) is 1.74. The molecule has 7 nitrogen and oxygen atoms in total. The number of carbonyl (C=O) groups is 1. The number of halogens is 1. The lowest BCUT2D eigenvalue weighted by Gasteiger charge is -2.08. The largest absolute Gasteiger partial charge is 0.454 e. The fourth-order valence-corrected chi connectivity index (χ4v) is 2.90. The summed E-state index contributed by atoms with van der Waals surface area (Å²) in [4.78, 5) is 12.3. The fourth-order valence-electron chi connectivity index (χ4n) is 2.90. The molecule has 29 heavy (non-hydrogen) atoms. The zero-order chi connectivity index (χ0) is 20.1. The van der Waals surface area contributed by atoms with Crippen molar-refractivity contribution < 1.29 is 18.7 Å². The van der Waals surface area contributed by atoms with Crippen LogP contribution in [0.15, 0.2) is 54.6 Å². The number of ether oxygens (including phenoxy) is 2. The Labute approximate surface area is 166 Å². The van der Waals surface area contributed by atoms with E-state index in [1.165, 1.54) is 6.07 Å². The standard InChI is InChI=1S/C21H19FN4O3/c22-16-4-2-1-3-15(16)9-10-23-20-8-6-17(25-26-20)21(27)24-12-14-5-7-18-19(11-14)29-13-28-18/h1-8,11H,9-10,12-13H2,(H,23,26)(H,24,27). The van der Waals surface area contributed by atoms with E-state index in [4.69, 9.17) is 9.47 Å². The number of nitrogens with zero attached hydrogens (tertiary/aromatic N) is 2. The van der Waals surface area contributed by atoms with Crippen molar-refractivity contribution in [2.24, 2.45) is 0 Å². The number of benzene rings is 2. The average Bonchev–Trinajstić information content (AvgIpc) is 3.22. The van der Waals surface area contributed by atoms with Crippen molar-refractivity contribution in [1.82, 2.24) is 15.5 Å². The number of hydrogen-bond donors (Lipinski definition) is 2. The van der Waals surface area contributed by atoms with Crippen LogP contribution in [-0.2, 0) is 13.0 Å². The molecule has 0 bridgehead atoms. The predicted octanol–water partition coefficient (Wildman–Crippen LogP) is 2.93. The third-order valence-electron chi connectivity index (χ3n) is 4.45. The van der Waals surface area contributed by atoms with Gasteiger partial charge >= 0.3 is 0 Å². The number of rotatable bonds is 7. The fraction of sp³-hybridized carbons (Fsp3) is 0.190. The lowest BCUT2D eigenvalue weighted by atomic mass is 10.1. The van der Waals surface area contributed by atoms with E-state index >= 15 is 0 Å². The molecule has 2 N–H and O–H groups in total. The second-order valence-corrected chi connectivity index (χ2v) is 6.44. The summed E-state index contributed by atoms with van der Waals surface area (Å²) in [6, 6.07) is 15.4. The van der Waals surface area contributed by atoms with E-state index in [9.17, 15) is 9.18 Å². The summed E-state index contributed by atoms with van der Waals surface area (Å²) in [5.74, 6) is 1.34. The van der Waals surface area contributed by atoms with Crippen LogP contribution in [-0.4, -0.2) is 29.4 Å². The minimum absolute atomic E-state index is 0.210. The van der Waals surface area contributed by atoms with E-state index < -0.39 is 0 Å². The van der Waals surface area contributed by atoms with E-state index in [1.807, 2.05) is 18.2 Å². The van der Waals surface area contributed by atoms with Gasteiger partial charge in [-0.25, -0.2) is 4.39 Å². The first kappa shape index (κ1) is 18.7. The second-order valence-electron chi connectivity index (χ2n) is 6.44. The van der Waals surface area contributed by atoms with E-state index in [2.05, 4.69) is 20.8 Å². The van der Waals surface area contributed by atoms with Gasteiger partial charge in [0.05, 0.1) is 0 Å². The van der Waals surface area contributed by atoms with E-state index in [1.54, 1.807) is 30.3 Å². The van der Waals surface area contributed by atoms with Gasteiger partial charge in [0.2, 0.25) is 6.79 Å². The molecular weight excluding hydrogens is 375 g/mol. The number of anilines is 1. The quantitative estimate of drug-likeness (QED) is 0.641. The number of hydrogen-bond acceptors (Lipinski definition) is 6. The Morgan fingerprint density at radius 3 is 2.72 bits per heavy atom. The zero-order valence-electron chi connectivity index (χ0n) is 15.5. The predicted molar refractivity (Wildman–Crippen MR) is 104 cm³/mol. The molecule has 1 aromatic heterocycles. The van der Waals surface area contributed by atoms with Crippen LogP contribution in [0.2, 0.25) is 0 Å². The summed E-state index contributed by atoms with van der Waals surface area (Å²) in [5, 5.41) is 13.8. The Balaban J connectivity index is 1.27. The van der Waals surface area contributed by atoms with Crippen LogP contribution in [0.3, 0.4) is 0 Å². The smallest absolute Gasteiger partial charge is 0.272 e. The summed E-state index contributed by atoms with van der Waals surface area (Å²) < 4.78 is 24.2. The van der Waals surface area contributed by atoms with Gasteiger partial charge in [0.15, 0.2) is 17.2 Å². The summed E-state index contributed by atoms with van der Waals surface area (Å²) in [6.45, 7) is 1.05. The first-order valence-corrected chi connectivity index (χ1v) is 9.17. The normalized spacial score (nSPS) is 11.9. The van der Waals surface area contributed by atoms with Crippen LogP contribution >= 0.6 is 0 Å². The van der Waals surface area contributed by atoms with Gasteiger partial charge in [0, 0.05) is 13.1 Å². The third kappa shape index (κ3) is 4.60. The highest BCUT2D eigenvalue weighted by atomic mass is 19.1. The molecule has 4 rings (SSSR count). The van der Waals surface area contributed by atoms with Crippen molar-refractivity contribution >= 4 is 11.7 Å². The molecule has 0 radical (unpaired) electrons. The molecule has 1 aliphatic rings. The second kappa shape index (κ2) is 8.55. The maximum atomic E-state index is 13.6. The van der Waals surface area contributed by atoms with Gasteiger partial charge in [0.1, 0.15) is 11.6 Å². The van der Waals surface area contributed by atoms with Crippen LogP contribution in [0.25, 0.3) is 0 Å². The minimum atomic E-state index is -0.326. The van der Waals surface area contributed by atoms with Crippen molar-refractivity contribution in [2.45, 2.75) is 13.0 Å². The number of aromatic nitrogens is 2. The van der Waals surface area contributed by atoms with Crippen molar-refractivity contribution in [2.75, 3.05) is 18.7 Å². The molecular formula is C21H19FN4O3. The van der Waals surface area contributed by atoms with E-state index in [0.29, 0.717) is 42.4 Å². The maximum absolute atomic E-state index is 13.6. The van der Waals surface area contributed by atoms with Gasteiger partial charge in [-0.1, -0.05) is 24.3 Å². The molecule has 1 aliphatic heterocycles. The van der Waals surface area contributed by atoms with Crippen LogP contribution in [0.4, 0.5) is 10.2 Å². The van der Waals surface area contributed by atoms with Gasteiger partial charge in [-0.2, -0.15) is 0 Å². The molecule has 0 saturated carbocycles. The third-order valence-corrected chi connectivity index (χ3v) is 4.45. The Hall–Kier alpha value is -3.68.